The van der Waals surface area contributed by atoms with Gasteiger partial charge in [0, 0.05) is 12.6 Å². The van der Waals surface area contributed by atoms with E-state index in [9.17, 15) is 0 Å². The van der Waals surface area contributed by atoms with Gasteiger partial charge in [-0.25, -0.2) is 0 Å². The summed E-state index contributed by atoms with van der Waals surface area (Å²) < 4.78 is 5.99. The number of aryl methyl sites for hydroxylation is 2. The number of hydrogen-bond donors (Lipinski definition) is 1. The van der Waals surface area contributed by atoms with Crippen LogP contribution in [-0.2, 0) is 6.54 Å². The number of rotatable bonds is 8. The van der Waals surface area contributed by atoms with Gasteiger partial charge in [0.1, 0.15) is 5.75 Å². The van der Waals surface area contributed by atoms with Crippen molar-refractivity contribution in [3.05, 3.63) is 28.8 Å². The predicted octanol–water partition coefficient (Wildman–Crippen LogP) is 4.37. The van der Waals surface area contributed by atoms with Gasteiger partial charge in [-0.3, -0.25) is 0 Å². The Labute approximate surface area is 123 Å². The highest BCUT2D eigenvalue weighted by atomic mass is 16.5. The second-order valence-corrected chi connectivity index (χ2v) is 6.60. The van der Waals surface area contributed by atoms with Crippen LogP contribution in [0.3, 0.4) is 0 Å². The molecule has 0 atom stereocenters. The third kappa shape index (κ3) is 4.82. The molecular formula is C18H29NO. The SMILES string of the molecule is Cc1cc(CNC2CC2)cc(C)c1OCCCC(C)C. The summed E-state index contributed by atoms with van der Waals surface area (Å²) in [4.78, 5) is 0. The van der Waals surface area contributed by atoms with E-state index in [2.05, 4.69) is 45.1 Å². The van der Waals surface area contributed by atoms with Crippen LogP contribution in [0.2, 0.25) is 0 Å². The highest BCUT2D eigenvalue weighted by Crippen LogP contribution is 2.26. The normalized spacial score (nSPS) is 14.8. The lowest BCUT2D eigenvalue weighted by molar-refractivity contribution is 0.294. The van der Waals surface area contributed by atoms with E-state index in [0.29, 0.717) is 0 Å². The molecule has 1 aromatic carbocycles. The molecule has 20 heavy (non-hydrogen) atoms. The van der Waals surface area contributed by atoms with Gasteiger partial charge in [-0.1, -0.05) is 26.0 Å². The quantitative estimate of drug-likeness (QED) is 0.711. The summed E-state index contributed by atoms with van der Waals surface area (Å²) in [5.41, 5.74) is 3.91. The van der Waals surface area contributed by atoms with Crippen LogP contribution in [0.25, 0.3) is 0 Å². The number of ether oxygens (including phenoxy) is 1. The summed E-state index contributed by atoms with van der Waals surface area (Å²) in [6.07, 6.45) is 5.06. The Morgan fingerprint density at radius 1 is 1.20 bits per heavy atom. The lowest BCUT2D eigenvalue weighted by Gasteiger charge is -2.15. The zero-order valence-electron chi connectivity index (χ0n) is 13.5. The molecule has 0 saturated heterocycles. The van der Waals surface area contributed by atoms with Crippen LogP contribution in [0.1, 0.15) is 56.2 Å². The molecule has 1 aliphatic carbocycles. The van der Waals surface area contributed by atoms with E-state index in [1.165, 1.54) is 36.0 Å². The standard InChI is InChI=1S/C18H29NO/c1-13(2)6-5-9-20-18-14(3)10-16(11-15(18)4)12-19-17-7-8-17/h10-11,13,17,19H,5-9,12H2,1-4H3. The molecule has 1 aliphatic rings. The van der Waals surface area contributed by atoms with Gasteiger partial charge in [-0.15, -0.1) is 0 Å². The molecule has 0 spiro atoms. The lowest BCUT2D eigenvalue weighted by atomic mass is 10.1. The van der Waals surface area contributed by atoms with E-state index >= 15 is 0 Å². The van der Waals surface area contributed by atoms with Crippen LogP contribution in [0.4, 0.5) is 0 Å². The molecule has 1 N–H and O–H groups in total. The summed E-state index contributed by atoms with van der Waals surface area (Å²) in [5, 5.41) is 3.57. The van der Waals surface area contributed by atoms with Gasteiger partial charge in [0.25, 0.3) is 0 Å². The van der Waals surface area contributed by atoms with Crippen molar-refractivity contribution in [3.63, 3.8) is 0 Å². The van der Waals surface area contributed by atoms with E-state index in [-0.39, 0.29) is 0 Å². The summed E-state index contributed by atoms with van der Waals surface area (Å²) in [6, 6.07) is 5.29. The van der Waals surface area contributed by atoms with Gasteiger partial charge in [-0.05, 0) is 62.1 Å². The molecule has 2 nitrogen and oxygen atoms in total. The summed E-state index contributed by atoms with van der Waals surface area (Å²) in [6.45, 7) is 10.7. The molecule has 0 aromatic heterocycles. The Morgan fingerprint density at radius 2 is 1.85 bits per heavy atom. The maximum Gasteiger partial charge on any atom is 0.125 e. The monoisotopic (exact) mass is 275 g/mol. The van der Waals surface area contributed by atoms with Crippen LogP contribution >= 0.6 is 0 Å². The van der Waals surface area contributed by atoms with Gasteiger partial charge in [0.05, 0.1) is 6.61 Å². The third-order valence-electron chi connectivity index (χ3n) is 3.86. The molecule has 1 aromatic rings. The zero-order chi connectivity index (χ0) is 14.5. The second-order valence-electron chi connectivity index (χ2n) is 6.60. The third-order valence-corrected chi connectivity index (χ3v) is 3.86. The number of hydrogen-bond acceptors (Lipinski definition) is 2. The first-order chi connectivity index (χ1) is 9.56. The van der Waals surface area contributed by atoms with Gasteiger partial charge in [-0.2, -0.15) is 0 Å². The van der Waals surface area contributed by atoms with Gasteiger partial charge >= 0.3 is 0 Å². The smallest absolute Gasteiger partial charge is 0.125 e. The summed E-state index contributed by atoms with van der Waals surface area (Å²) in [5.74, 6) is 1.85. The van der Waals surface area contributed by atoms with E-state index in [1.54, 1.807) is 0 Å². The van der Waals surface area contributed by atoms with Crippen molar-refractivity contribution in [1.82, 2.24) is 5.32 Å². The van der Waals surface area contributed by atoms with Crippen LogP contribution in [0.5, 0.6) is 5.75 Å². The van der Waals surface area contributed by atoms with Crippen LogP contribution in [0.15, 0.2) is 12.1 Å². The average Bonchev–Trinajstić information content (AvgIpc) is 3.18. The summed E-state index contributed by atoms with van der Waals surface area (Å²) >= 11 is 0. The van der Waals surface area contributed by atoms with Gasteiger partial charge < -0.3 is 10.1 Å². The minimum atomic E-state index is 0.761. The Bertz CT molecular complexity index is 412. The first kappa shape index (κ1) is 15.4. The van der Waals surface area contributed by atoms with Crippen molar-refractivity contribution in [2.24, 2.45) is 5.92 Å². The molecule has 2 heteroatoms. The van der Waals surface area contributed by atoms with Crippen molar-refractivity contribution in [2.45, 2.75) is 66.0 Å². The second kappa shape index (κ2) is 7.12. The average molecular weight is 275 g/mol. The highest BCUT2D eigenvalue weighted by molar-refractivity contribution is 5.43. The highest BCUT2D eigenvalue weighted by Gasteiger charge is 2.20. The van der Waals surface area contributed by atoms with Crippen molar-refractivity contribution in [2.75, 3.05) is 6.61 Å². The van der Waals surface area contributed by atoms with E-state index in [0.717, 1.165) is 37.3 Å². The molecule has 0 unspecified atom stereocenters. The molecule has 112 valence electrons. The minimum Gasteiger partial charge on any atom is -0.493 e. The number of nitrogens with one attached hydrogen (secondary N) is 1. The maximum atomic E-state index is 5.99. The molecule has 0 heterocycles. The molecule has 1 fully saturated rings. The van der Waals surface area contributed by atoms with Crippen LogP contribution in [-0.4, -0.2) is 12.6 Å². The van der Waals surface area contributed by atoms with Crippen molar-refractivity contribution in [1.29, 1.82) is 0 Å². The minimum absolute atomic E-state index is 0.761. The summed E-state index contributed by atoms with van der Waals surface area (Å²) in [7, 11) is 0. The fraction of sp³-hybridized carbons (Fsp3) is 0.667. The van der Waals surface area contributed by atoms with E-state index < -0.39 is 0 Å². The fourth-order valence-electron chi connectivity index (χ4n) is 2.59. The molecule has 0 amide bonds. The Kier molecular flexibility index (Phi) is 5.47. The lowest BCUT2D eigenvalue weighted by Crippen LogP contribution is -2.15. The van der Waals surface area contributed by atoms with Gasteiger partial charge in [0.2, 0.25) is 0 Å². The molecular weight excluding hydrogens is 246 g/mol. The first-order valence-corrected chi connectivity index (χ1v) is 8.02. The largest absolute Gasteiger partial charge is 0.493 e. The maximum absolute atomic E-state index is 5.99. The molecule has 0 bridgehead atoms. The van der Waals surface area contributed by atoms with Crippen molar-refractivity contribution in [3.8, 4) is 5.75 Å². The molecule has 0 radical (unpaired) electrons. The van der Waals surface area contributed by atoms with Crippen LogP contribution in [0, 0.1) is 19.8 Å². The first-order valence-electron chi connectivity index (χ1n) is 8.02. The fourth-order valence-corrected chi connectivity index (χ4v) is 2.59. The molecule has 1 saturated carbocycles. The predicted molar refractivity (Wildman–Crippen MR) is 85.3 cm³/mol. The van der Waals surface area contributed by atoms with Crippen LogP contribution < -0.4 is 10.1 Å². The van der Waals surface area contributed by atoms with E-state index in [4.69, 9.17) is 4.74 Å². The Hall–Kier alpha value is -1.02. The topological polar surface area (TPSA) is 21.3 Å². The van der Waals surface area contributed by atoms with Gasteiger partial charge in [0.15, 0.2) is 0 Å². The van der Waals surface area contributed by atoms with Crippen molar-refractivity contribution >= 4 is 0 Å². The zero-order valence-corrected chi connectivity index (χ0v) is 13.5. The van der Waals surface area contributed by atoms with Crippen molar-refractivity contribution < 1.29 is 4.74 Å². The Balaban J connectivity index is 1.87. The molecule has 2 rings (SSSR count). The van der Waals surface area contributed by atoms with E-state index in [1.807, 2.05) is 0 Å². The Morgan fingerprint density at radius 3 is 2.40 bits per heavy atom. The number of benzene rings is 1. The molecule has 0 aliphatic heterocycles.